The normalized spacial score (nSPS) is 11.3. The summed E-state index contributed by atoms with van der Waals surface area (Å²) in [5, 5.41) is 4.38. The van der Waals surface area contributed by atoms with Crippen molar-refractivity contribution in [3.8, 4) is 22.3 Å². The summed E-state index contributed by atoms with van der Waals surface area (Å²) in [5.74, 6) is 0. The molecule has 0 aliphatic carbocycles. The molecule has 0 spiro atoms. The first-order chi connectivity index (χ1) is 19.5. The van der Waals surface area contributed by atoms with Crippen LogP contribution in [0.4, 0.5) is 26.3 Å². The van der Waals surface area contributed by atoms with E-state index in [0.717, 1.165) is 68.1 Å². The molecule has 0 atom stereocenters. The van der Waals surface area contributed by atoms with Crippen molar-refractivity contribution in [3.05, 3.63) is 132 Å². The van der Waals surface area contributed by atoms with E-state index in [1.54, 1.807) is 0 Å². The fourth-order valence-electron chi connectivity index (χ4n) is 4.34. The standard InChI is InChI=1S/2C16H10F3.2ClH.Zr/c2*17-16(18,19)15-7-5-11(6-8-15)14-9-12-3-1-2-4-13(12)10-14;;;/h2*1-10H;2*1H;/q2*-1;;;+4/p-2. The second kappa shape index (κ2) is 13.4. The van der Waals surface area contributed by atoms with Gasteiger partial charge in [0.25, 0.3) is 0 Å². The van der Waals surface area contributed by atoms with Crippen molar-refractivity contribution in [2.75, 3.05) is 0 Å². The molecule has 0 N–H and O–H groups in total. The SMILES string of the molecule is FC(F)(F)c1ccc(-c2cc3ccccc3[cH-]2)cc1.FC(F)(F)c1ccc(-c2cc3ccccc3[cH-]2)cc1.[Cl][Zr+2][Cl]. The van der Waals surface area contributed by atoms with Gasteiger partial charge >= 0.3 is 50.2 Å². The van der Waals surface area contributed by atoms with E-state index in [2.05, 4.69) is 0 Å². The Morgan fingerprint density at radius 1 is 0.488 bits per heavy atom. The molecule has 0 fully saturated rings. The predicted molar refractivity (Wildman–Crippen MR) is 152 cm³/mol. The van der Waals surface area contributed by atoms with Crippen LogP contribution in [0.2, 0.25) is 0 Å². The summed E-state index contributed by atoms with van der Waals surface area (Å²) in [5.41, 5.74) is 2.23. The van der Waals surface area contributed by atoms with Crippen LogP contribution in [-0.2, 0) is 33.2 Å². The van der Waals surface area contributed by atoms with Crippen LogP contribution in [0, 0.1) is 0 Å². The molecule has 6 rings (SSSR count). The van der Waals surface area contributed by atoms with Gasteiger partial charge in [0.2, 0.25) is 0 Å². The molecule has 0 nitrogen and oxygen atoms in total. The summed E-state index contributed by atoms with van der Waals surface area (Å²) in [6.45, 7) is 0. The van der Waals surface area contributed by atoms with Gasteiger partial charge in [-0.3, -0.25) is 0 Å². The van der Waals surface area contributed by atoms with E-state index < -0.39 is 44.3 Å². The van der Waals surface area contributed by atoms with Gasteiger partial charge in [0.05, 0.1) is 11.1 Å². The molecule has 208 valence electrons. The first-order valence-corrected chi connectivity index (χ1v) is 18.4. The molecule has 9 heteroatoms. The molecule has 0 amide bonds. The molecule has 0 aliphatic heterocycles. The van der Waals surface area contributed by atoms with Crippen molar-refractivity contribution in [1.29, 1.82) is 0 Å². The fourth-order valence-corrected chi connectivity index (χ4v) is 4.34. The summed E-state index contributed by atoms with van der Waals surface area (Å²) in [6.07, 6.45) is -8.56. The third-order valence-corrected chi connectivity index (χ3v) is 6.33. The number of hydrogen-bond donors (Lipinski definition) is 0. The predicted octanol–water partition coefficient (Wildman–Crippen LogP) is 11.9. The van der Waals surface area contributed by atoms with E-state index in [4.69, 9.17) is 17.0 Å². The Balaban J connectivity index is 0.000000173. The molecule has 6 aromatic rings. The van der Waals surface area contributed by atoms with Crippen molar-refractivity contribution in [2.45, 2.75) is 12.4 Å². The van der Waals surface area contributed by atoms with Crippen molar-refractivity contribution >= 4 is 38.6 Å². The number of hydrogen-bond acceptors (Lipinski definition) is 0. The quantitative estimate of drug-likeness (QED) is 0.126. The van der Waals surface area contributed by atoms with Gasteiger partial charge in [-0.05, 0) is 0 Å². The Morgan fingerprint density at radius 3 is 1.10 bits per heavy atom. The molecule has 0 aliphatic rings. The third kappa shape index (κ3) is 8.12. The molecule has 0 saturated carbocycles. The van der Waals surface area contributed by atoms with Crippen molar-refractivity contribution in [2.24, 2.45) is 0 Å². The third-order valence-electron chi connectivity index (χ3n) is 6.33. The topological polar surface area (TPSA) is 0 Å². The summed E-state index contributed by atoms with van der Waals surface area (Å²) in [6, 6.07) is 34.2. The average Bonchev–Trinajstić information content (AvgIpc) is 3.58. The first-order valence-electron chi connectivity index (χ1n) is 12.1. The molecule has 41 heavy (non-hydrogen) atoms. The maximum atomic E-state index is 12.5. The Kier molecular flexibility index (Phi) is 10.2. The van der Waals surface area contributed by atoms with E-state index in [1.165, 1.54) is 24.3 Å². The van der Waals surface area contributed by atoms with Crippen molar-refractivity contribution in [1.82, 2.24) is 0 Å². The monoisotopic (exact) mass is 678 g/mol. The Labute approximate surface area is 251 Å². The minimum atomic E-state index is -4.28. The van der Waals surface area contributed by atoms with E-state index >= 15 is 0 Å². The zero-order valence-corrected chi connectivity index (χ0v) is 25.0. The van der Waals surface area contributed by atoms with Crippen LogP contribution < -0.4 is 0 Å². The van der Waals surface area contributed by atoms with Gasteiger partial charge in [-0.2, -0.15) is 26.3 Å². The van der Waals surface area contributed by atoms with Gasteiger partial charge in [0.15, 0.2) is 0 Å². The number of halogens is 8. The fraction of sp³-hybridized carbons (Fsp3) is 0.0625. The van der Waals surface area contributed by atoms with Crippen LogP contribution >= 0.6 is 17.0 Å². The molecule has 0 aromatic heterocycles. The molecule has 0 saturated heterocycles. The summed E-state index contributed by atoms with van der Waals surface area (Å²) >= 11 is -0.826. The maximum absolute atomic E-state index is 12.5. The molecule has 6 aromatic carbocycles. The summed E-state index contributed by atoms with van der Waals surface area (Å²) < 4.78 is 74.9. The average molecular weight is 681 g/mol. The van der Waals surface area contributed by atoms with Crippen molar-refractivity contribution in [3.63, 3.8) is 0 Å². The van der Waals surface area contributed by atoms with Gasteiger partial charge in [-0.15, -0.1) is 69.1 Å². The molecule has 0 heterocycles. The Hall–Kier alpha value is -2.86. The minimum absolute atomic E-state index is 0.618. The van der Waals surface area contributed by atoms with Crippen LogP contribution in [0.1, 0.15) is 11.1 Å². The molecular formula is C32H20Cl2F6Zr. The first kappa shape index (κ1) is 31.1. The van der Waals surface area contributed by atoms with Gasteiger partial charge in [0.1, 0.15) is 0 Å². The Bertz CT molecular complexity index is 1500. The second-order valence-electron chi connectivity index (χ2n) is 8.97. The van der Waals surface area contributed by atoms with Crippen LogP contribution in [-0.4, -0.2) is 0 Å². The van der Waals surface area contributed by atoms with Gasteiger partial charge in [0, 0.05) is 0 Å². The van der Waals surface area contributed by atoms with E-state index in [0.29, 0.717) is 0 Å². The summed E-state index contributed by atoms with van der Waals surface area (Å²) in [4.78, 5) is 0. The number of rotatable bonds is 2. The van der Waals surface area contributed by atoms with Gasteiger partial charge in [-0.1, -0.05) is 96.1 Å². The van der Waals surface area contributed by atoms with Gasteiger partial charge < -0.3 is 0 Å². The second-order valence-corrected chi connectivity index (χ2v) is 12.7. The van der Waals surface area contributed by atoms with Crippen LogP contribution in [0.15, 0.2) is 121 Å². The van der Waals surface area contributed by atoms with Crippen LogP contribution in [0.3, 0.4) is 0 Å². The number of alkyl halides is 6. The molecule has 0 radical (unpaired) electrons. The van der Waals surface area contributed by atoms with Crippen LogP contribution in [0.25, 0.3) is 43.8 Å². The summed E-state index contributed by atoms with van der Waals surface area (Å²) in [7, 11) is 9.87. The molecule has 0 unspecified atom stereocenters. The van der Waals surface area contributed by atoms with Gasteiger partial charge in [-0.25, -0.2) is 0 Å². The number of benzene rings is 4. The van der Waals surface area contributed by atoms with Crippen molar-refractivity contribution < 1.29 is 47.2 Å². The van der Waals surface area contributed by atoms with E-state index in [9.17, 15) is 26.3 Å². The number of fused-ring (bicyclic) bond motifs is 2. The van der Waals surface area contributed by atoms with Crippen LogP contribution in [0.5, 0.6) is 0 Å². The Morgan fingerprint density at radius 2 is 0.805 bits per heavy atom. The zero-order chi connectivity index (χ0) is 29.6. The molecular weight excluding hydrogens is 660 g/mol. The zero-order valence-electron chi connectivity index (χ0n) is 21.1. The molecule has 0 bridgehead atoms. The van der Waals surface area contributed by atoms with E-state index in [-0.39, 0.29) is 0 Å². The van der Waals surface area contributed by atoms with E-state index in [1.807, 2.05) is 72.8 Å².